The van der Waals surface area contributed by atoms with Crippen LogP contribution in [0.4, 0.5) is 0 Å². The zero-order valence-corrected chi connectivity index (χ0v) is 10.1. The van der Waals surface area contributed by atoms with Gasteiger partial charge in [0.2, 0.25) is 0 Å². The molecule has 92 valence electrons. The Kier molecular flexibility index (Phi) is 3.44. The fourth-order valence-electron chi connectivity index (χ4n) is 1.90. The number of carboxylic acid groups (broad SMARTS) is 1. The largest absolute Gasteiger partial charge is 0.481 e. The molecule has 1 amide bonds. The van der Waals surface area contributed by atoms with Crippen LogP contribution < -0.4 is 0 Å². The molecular formula is C11H13NO4S. The molecule has 0 aliphatic carbocycles. The molecule has 0 saturated carbocycles. The summed E-state index contributed by atoms with van der Waals surface area (Å²) < 4.78 is 5.15. The summed E-state index contributed by atoms with van der Waals surface area (Å²) in [6.45, 7) is 0.449. The Balaban J connectivity index is 2.12. The standard InChI is InChI=1S/C11H13NO4S/c1-12(10(13)7-2-3-17-6-7)9-5-16-4-8(9)11(14)15/h2-3,6,8-9H,4-5H2,1H3,(H,14,15). The maximum atomic E-state index is 12.0. The van der Waals surface area contributed by atoms with E-state index in [9.17, 15) is 9.59 Å². The van der Waals surface area contributed by atoms with Crippen molar-refractivity contribution in [2.24, 2.45) is 5.92 Å². The molecular weight excluding hydrogens is 242 g/mol. The second kappa shape index (κ2) is 4.85. The Hall–Kier alpha value is -1.40. The molecule has 1 aromatic rings. The minimum absolute atomic E-state index is 0.159. The summed E-state index contributed by atoms with van der Waals surface area (Å²) in [7, 11) is 1.62. The van der Waals surface area contributed by atoms with E-state index in [1.807, 2.05) is 5.38 Å². The Morgan fingerprint density at radius 2 is 2.29 bits per heavy atom. The second-order valence-corrected chi connectivity index (χ2v) is 4.76. The van der Waals surface area contributed by atoms with Gasteiger partial charge in [0.25, 0.3) is 5.91 Å². The number of thiophene rings is 1. The highest BCUT2D eigenvalue weighted by atomic mass is 32.1. The number of aliphatic carboxylic acids is 1. The normalized spacial score (nSPS) is 23.6. The highest BCUT2D eigenvalue weighted by Crippen LogP contribution is 2.21. The molecule has 5 nitrogen and oxygen atoms in total. The molecule has 0 bridgehead atoms. The summed E-state index contributed by atoms with van der Waals surface area (Å²) in [4.78, 5) is 24.5. The van der Waals surface area contributed by atoms with E-state index in [0.717, 1.165) is 0 Å². The number of carbonyl (C=O) groups excluding carboxylic acids is 1. The van der Waals surface area contributed by atoms with Crippen molar-refractivity contribution in [3.63, 3.8) is 0 Å². The molecule has 1 aliphatic rings. The van der Waals surface area contributed by atoms with Gasteiger partial charge in [-0.15, -0.1) is 0 Å². The number of amides is 1. The molecule has 0 radical (unpaired) electrons. The maximum Gasteiger partial charge on any atom is 0.311 e. The van der Waals surface area contributed by atoms with Crippen molar-refractivity contribution in [1.82, 2.24) is 4.90 Å². The van der Waals surface area contributed by atoms with Crippen LogP contribution in [0.25, 0.3) is 0 Å². The quantitative estimate of drug-likeness (QED) is 0.872. The molecule has 2 rings (SSSR count). The van der Waals surface area contributed by atoms with Gasteiger partial charge in [0.05, 0.1) is 24.8 Å². The van der Waals surface area contributed by atoms with Gasteiger partial charge in [-0.25, -0.2) is 0 Å². The van der Waals surface area contributed by atoms with E-state index in [2.05, 4.69) is 0 Å². The first-order valence-corrected chi connectivity index (χ1v) is 6.15. The number of hydrogen-bond donors (Lipinski definition) is 1. The van der Waals surface area contributed by atoms with E-state index >= 15 is 0 Å². The topological polar surface area (TPSA) is 66.8 Å². The predicted octanol–water partition coefficient (Wildman–Crippen LogP) is 0.920. The number of rotatable bonds is 3. The summed E-state index contributed by atoms with van der Waals surface area (Å²) in [6.07, 6.45) is 0. The molecule has 1 fully saturated rings. The molecule has 1 saturated heterocycles. The van der Waals surface area contributed by atoms with Crippen LogP contribution in [-0.2, 0) is 9.53 Å². The Morgan fingerprint density at radius 1 is 1.53 bits per heavy atom. The van der Waals surface area contributed by atoms with Gasteiger partial charge in [0.1, 0.15) is 5.92 Å². The van der Waals surface area contributed by atoms with E-state index in [4.69, 9.17) is 9.84 Å². The van der Waals surface area contributed by atoms with E-state index in [1.165, 1.54) is 16.2 Å². The van der Waals surface area contributed by atoms with Crippen LogP contribution in [-0.4, -0.2) is 48.2 Å². The number of likely N-dealkylation sites (N-methyl/N-ethyl adjacent to an activating group) is 1. The molecule has 2 heterocycles. The van der Waals surface area contributed by atoms with Crippen LogP contribution in [0.1, 0.15) is 10.4 Å². The van der Waals surface area contributed by atoms with E-state index in [1.54, 1.807) is 18.5 Å². The first-order valence-electron chi connectivity index (χ1n) is 5.21. The fourth-order valence-corrected chi connectivity index (χ4v) is 2.53. The van der Waals surface area contributed by atoms with Gasteiger partial charge in [-0.05, 0) is 11.4 Å². The van der Waals surface area contributed by atoms with Gasteiger partial charge in [-0.3, -0.25) is 9.59 Å². The number of carboxylic acids is 1. The number of carbonyl (C=O) groups is 2. The van der Waals surface area contributed by atoms with Crippen molar-refractivity contribution >= 4 is 23.2 Å². The lowest BCUT2D eigenvalue weighted by atomic mass is 10.0. The zero-order chi connectivity index (χ0) is 12.4. The summed E-state index contributed by atoms with van der Waals surface area (Å²) in [5.41, 5.74) is 0.591. The second-order valence-electron chi connectivity index (χ2n) is 3.98. The molecule has 6 heteroatoms. The van der Waals surface area contributed by atoms with E-state index in [0.29, 0.717) is 5.56 Å². The van der Waals surface area contributed by atoms with Gasteiger partial charge < -0.3 is 14.7 Å². The first-order chi connectivity index (χ1) is 8.11. The third-order valence-corrected chi connectivity index (χ3v) is 3.64. The van der Waals surface area contributed by atoms with Gasteiger partial charge in [0.15, 0.2) is 0 Å². The van der Waals surface area contributed by atoms with E-state index in [-0.39, 0.29) is 25.2 Å². The van der Waals surface area contributed by atoms with Crippen LogP contribution in [0.3, 0.4) is 0 Å². The average molecular weight is 255 g/mol. The summed E-state index contributed by atoms with van der Waals surface area (Å²) >= 11 is 1.44. The van der Waals surface area contributed by atoms with Crippen molar-refractivity contribution < 1.29 is 19.4 Å². The van der Waals surface area contributed by atoms with Crippen molar-refractivity contribution in [3.8, 4) is 0 Å². The lowest BCUT2D eigenvalue weighted by Crippen LogP contribution is -2.44. The smallest absolute Gasteiger partial charge is 0.311 e. The third-order valence-electron chi connectivity index (χ3n) is 2.95. The number of nitrogens with zero attached hydrogens (tertiary/aromatic N) is 1. The highest BCUT2D eigenvalue weighted by Gasteiger charge is 2.38. The molecule has 1 aromatic heterocycles. The van der Waals surface area contributed by atoms with Crippen LogP contribution >= 0.6 is 11.3 Å². The molecule has 1 N–H and O–H groups in total. The van der Waals surface area contributed by atoms with Crippen molar-refractivity contribution in [1.29, 1.82) is 0 Å². The number of hydrogen-bond acceptors (Lipinski definition) is 4. The van der Waals surface area contributed by atoms with E-state index < -0.39 is 11.9 Å². The molecule has 17 heavy (non-hydrogen) atoms. The summed E-state index contributed by atoms with van der Waals surface area (Å²) in [6, 6.07) is 1.34. The average Bonchev–Trinajstić information content (AvgIpc) is 2.97. The lowest BCUT2D eigenvalue weighted by Gasteiger charge is -2.25. The van der Waals surface area contributed by atoms with Crippen molar-refractivity contribution in [2.45, 2.75) is 6.04 Å². The Bertz CT molecular complexity index is 417. The van der Waals surface area contributed by atoms with Crippen LogP contribution in [0.5, 0.6) is 0 Å². The predicted molar refractivity (Wildman–Crippen MR) is 62.1 cm³/mol. The van der Waals surface area contributed by atoms with Crippen molar-refractivity contribution in [3.05, 3.63) is 22.4 Å². The summed E-state index contributed by atoms with van der Waals surface area (Å²) in [5.74, 6) is -1.71. The van der Waals surface area contributed by atoms with Gasteiger partial charge in [0, 0.05) is 12.4 Å². The zero-order valence-electron chi connectivity index (χ0n) is 9.33. The minimum Gasteiger partial charge on any atom is -0.481 e. The number of ether oxygens (including phenoxy) is 1. The minimum atomic E-state index is -0.919. The fraction of sp³-hybridized carbons (Fsp3) is 0.455. The molecule has 2 unspecified atom stereocenters. The lowest BCUT2D eigenvalue weighted by molar-refractivity contribution is -0.142. The highest BCUT2D eigenvalue weighted by molar-refractivity contribution is 7.08. The SMILES string of the molecule is CN(C(=O)c1ccsc1)C1COCC1C(=O)O. The van der Waals surface area contributed by atoms with Crippen LogP contribution in [0.2, 0.25) is 0 Å². The maximum absolute atomic E-state index is 12.0. The van der Waals surface area contributed by atoms with Gasteiger partial charge >= 0.3 is 5.97 Å². The first kappa shape index (κ1) is 12.1. The van der Waals surface area contributed by atoms with Crippen LogP contribution in [0.15, 0.2) is 16.8 Å². The molecule has 2 atom stereocenters. The monoisotopic (exact) mass is 255 g/mol. The van der Waals surface area contributed by atoms with Gasteiger partial charge in [-0.1, -0.05) is 0 Å². The molecule has 1 aliphatic heterocycles. The molecule has 0 aromatic carbocycles. The summed E-state index contributed by atoms with van der Waals surface area (Å²) in [5, 5.41) is 12.6. The Labute approximate surface area is 103 Å². The van der Waals surface area contributed by atoms with Crippen molar-refractivity contribution in [2.75, 3.05) is 20.3 Å². The van der Waals surface area contributed by atoms with Gasteiger partial charge in [-0.2, -0.15) is 11.3 Å². The Morgan fingerprint density at radius 3 is 2.88 bits per heavy atom. The molecule has 0 spiro atoms. The third kappa shape index (κ3) is 2.32. The van der Waals surface area contributed by atoms with Crippen LogP contribution in [0, 0.1) is 5.92 Å².